The van der Waals surface area contributed by atoms with Crippen molar-refractivity contribution in [2.75, 3.05) is 7.05 Å². The number of nitrogens with one attached hydrogen (secondary N) is 1. The summed E-state index contributed by atoms with van der Waals surface area (Å²) in [6, 6.07) is 15.4. The summed E-state index contributed by atoms with van der Waals surface area (Å²) in [4.78, 5) is 22.6. The molecule has 32 heavy (non-hydrogen) atoms. The molecule has 0 bridgehead atoms. The van der Waals surface area contributed by atoms with Gasteiger partial charge in [-0.3, -0.25) is 14.8 Å². The smallest absolute Gasteiger partial charge is 0.253 e. The van der Waals surface area contributed by atoms with E-state index in [0.29, 0.717) is 23.2 Å². The van der Waals surface area contributed by atoms with E-state index in [1.807, 2.05) is 36.4 Å². The van der Waals surface area contributed by atoms with Crippen molar-refractivity contribution in [3.05, 3.63) is 94.5 Å². The highest BCUT2D eigenvalue weighted by atomic mass is 35.5. The Balaban J connectivity index is 1.31. The van der Waals surface area contributed by atoms with E-state index < -0.39 is 6.10 Å². The van der Waals surface area contributed by atoms with E-state index in [0.717, 1.165) is 36.1 Å². The number of benzene rings is 2. The van der Waals surface area contributed by atoms with E-state index in [1.54, 1.807) is 42.7 Å². The number of nitrogens with zero attached hydrogens (tertiary/aromatic N) is 3. The van der Waals surface area contributed by atoms with Gasteiger partial charge in [0.2, 0.25) is 0 Å². The fraction of sp³-hybridized carbons (Fsp3) is 0.320. The standard InChI is InChI=1S/C25H27ClN4O2/c1-30(16-22-15-27-12-13-28-22)25(32)19-4-2-17(3-5-19)14-21-10-11-23(29-21)24(31)18-6-8-20(26)9-7-18/h2-9,12-13,15,21,23-24,29,31H,10-11,14,16H2,1H3/t21-,23+,24?/m0/s1. The summed E-state index contributed by atoms with van der Waals surface area (Å²) in [6.07, 6.45) is 7.12. The molecular weight excluding hydrogens is 424 g/mol. The Kier molecular flexibility index (Phi) is 7.15. The number of hydrogen-bond donors (Lipinski definition) is 2. The number of hydrogen-bond acceptors (Lipinski definition) is 5. The molecule has 166 valence electrons. The van der Waals surface area contributed by atoms with Crippen molar-refractivity contribution in [2.24, 2.45) is 0 Å². The molecule has 1 aliphatic rings. The predicted molar refractivity (Wildman–Crippen MR) is 124 cm³/mol. The average molecular weight is 451 g/mol. The summed E-state index contributed by atoms with van der Waals surface area (Å²) in [7, 11) is 1.76. The van der Waals surface area contributed by atoms with Crippen LogP contribution in [0.15, 0.2) is 67.1 Å². The molecule has 1 unspecified atom stereocenters. The van der Waals surface area contributed by atoms with Crippen LogP contribution >= 0.6 is 11.6 Å². The second-order valence-corrected chi connectivity index (χ2v) is 8.74. The topological polar surface area (TPSA) is 78.4 Å². The summed E-state index contributed by atoms with van der Waals surface area (Å²) in [5, 5.41) is 14.9. The first-order valence-electron chi connectivity index (χ1n) is 10.8. The first-order valence-corrected chi connectivity index (χ1v) is 11.2. The highest BCUT2D eigenvalue weighted by Crippen LogP contribution is 2.27. The van der Waals surface area contributed by atoms with Gasteiger partial charge in [-0.25, -0.2) is 0 Å². The number of carbonyl (C=O) groups excluding carboxylic acids is 1. The molecule has 0 radical (unpaired) electrons. The lowest BCUT2D eigenvalue weighted by Crippen LogP contribution is -2.35. The minimum absolute atomic E-state index is 0.0248. The minimum atomic E-state index is -0.554. The summed E-state index contributed by atoms with van der Waals surface area (Å²) in [5.41, 5.74) is 3.44. The quantitative estimate of drug-likeness (QED) is 0.572. The van der Waals surface area contributed by atoms with Gasteiger partial charge in [0.15, 0.2) is 0 Å². The van der Waals surface area contributed by atoms with Crippen molar-refractivity contribution in [1.82, 2.24) is 20.2 Å². The molecule has 4 rings (SSSR count). The molecule has 1 fully saturated rings. The zero-order valence-corrected chi connectivity index (χ0v) is 18.7. The molecule has 2 aromatic carbocycles. The van der Waals surface area contributed by atoms with Crippen LogP contribution in [0.5, 0.6) is 0 Å². The molecule has 1 aliphatic heterocycles. The summed E-state index contributed by atoms with van der Waals surface area (Å²) < 4.78 is 0. The van der Waals surface area contributed by atoms with Crippen molar-refractivity contribution < 1.29 is 9.90 Å². The number of rotatable bonds is 7. The van der Waals surface area contributed by atoms with Crippen LogP contribution in [0.2, 0.25) is 5.02 Å². The van der Waals surface area contributed by atoms with Gasteiger partial charge < -0.3 is 15.3 Å². The fourth-order valence-electron chi connectivity index (χ4n) is 4.17. The fourth-order valence-corrected chi connectivity index (χ4v) is 4.29. The number of carbonyl (C=O) groups is 1. The Labute approximate surface area is 193 Å². The molecule has 0 saturated carbocycles. The highest BCUT2D eigenvalue weighted by molar-refractivity contribution is 6.30. The SMILES string of the molecule is CN(Cc1cnccn1)C(=O)c1ccc(C[C@@H]2CC[C@H](C(O)c3ccc(Cl)cc3)N2)cc1. The molecule has 0 spiro atoms. The Hall–Kier alpha value is -2.80. The number of aromatic nitrogens is 2. The first-order chi connectivity index (χ1) is 15.5. The van der Waals surface area contributed by atoms with Gasteiger partial charge >= 0.3 is 0 Å². The second-order valence-electron chi connectivity index (χ2n) is 8.30. The highest BCUT2D eigenvalue weighted by Gasteiger charge is 2.30. The van der Waals surface area contributed by atoms with Crippen molar-refractivity contribution in [1.29, 1.82) is 0 Å². The predicted octanol–water partition coefficient (Wildman–Crippen LogP) is 3.80. The number of aliphatic hydroxyl groups excluding tert-OH is 1. The third kappa shape index (κ3) is 5.51. The van der Waals surface area contributed by atoms with Crippen molar-refractivity contribution >= 4 is 17.5 Å². The van der Waals surface area contributed by atoms with Gasteiger partial charge in [-0.2, -0.15) is 0 Å². The zero-order valence-electron chi connectivity index (χ0n) is 18.0. The van der Waals surface area contributed by atoms with Crippen LogP contribution in [-0.2, 0) is 13.0 Å². The molecule has 7 heteroatoms. The molecule has 3 aromatic rings. The third-order valence-corrected chi connectivity index (χ3v) is 6.17. The van der Waals surface area contributed by atoms with Gasteiger partial charge in [-0.15, -0.1) is 0 Å². The van der Waals surface area contributed by atoms with Gasteiger partial charge in [0.25, 0.3) is 5.91 Å². The van der Waals surface area contributed by atoms with E-state index in [2.05, 4.69) is 15.3 Å². The van der Waals surface area contributed by atoms with E-state index in [9.17, 15) is 9.90 Å². The largest absolute Gasteiger partial charge is 0.387 e. The Morgan fingerprint density at radius 1 is 1.16 bits per heavy atom. The Morgan fingerprint density at radius 2 is 1.91 bits per heavy atom. The van der Waals surface area contributed by atoms with Gasteiger partial charge in [0.1, 0.15) is 0 Å². The maximum absolute atomic E-state index is 12.7. The molecule has 3 atom stereocenters. The molecule has 0 aliphatic carbocycles. The van der Waals surface area contributed by atoms with Crippen LogP contribution in [0.3, 0.4) is 0 Å². The Bertz CT molecular complexity index is 1030. The second kappa shape index (κ2) is 10.2. The monoisotopic (exact) mass is 450 g/mol. The zero-order chi connectivity index (χ0) is 22.5. The van der Waals surface area contributed by atoms with Crippen LogP contribution in [0.1, 0.15) is 46.1 Å². The molecule has 2 N–H and O–H groups in total. The normalized spacial score (nSPS) is 19.0. The summed E-state index contributed by atoms with van der Waals surface area (Å²) >= 11 is 5.95. The van der Waals surface area contributed by atoms with Crippen LogP contribution in [-0.4, -0.2) is 45.0 Å². The van der Waals surface area contributed by atoms with E-state index in [4.69, 9.17) is 11.6 Å². The van der Waals surface area contributed by atoms with Crippen LogP contribution in [0, 0.1) is 0 Å². The summed E-state index contributed by atoms with van der Waals surface area (Å²) in [6.45, 7) is 0.414. The van der Waals surface area contributed by atoms with Crippen molar-refractivity contribution in [3.63, 3.8) is 0 Å². The van der Waals surface area contributed by atoms with E-state index >= 15 is 0 Å². The maximum atomic E-state index is 12.7. The molecule has 6 nitrogen and oxygen atoms in total. The van der Waals surface area contributed by atoms with Gasteiger partial charge in [0.05, 0.1) is 24.5 Å². The molecule has 1 aromatic heterocycles. The van der Waals surface area contributed by atoms with Crippen molar-refractivity contribution in [3.8, 4) is 0 Å². The van der Waals surface area contributed by atoms with Crippen LogP contribution in [0.25, 0.3) is 0 Å². The average Bonchev–Trinajstić information content (AvgIpc) is 3.28. The first kappa shape index (κ1) is 22.4. The summed E-state index contributed by atoms with van der Waals surface area (Å²) in [5.74, 6) is -0.0488. The number of aliphatic hydroxyl groups is 1. The lowest BCUT2D eigenvalue weighted by molar-refractivity contribution is 0.0783. The minimum Gasteiger partial charge on any atom is -0.387 e. The lowest BCUT2D eigenvalue weighted by atomic mass is 10.0. The van der Waals surface area contributed by atoms with Gasteiger partial charge in [-0.05, 0) is 54.7 Å². The van der Waals surface area contributed by atoms with Gasteiger partial charge in [0, 0.05) is 42.1 Å². The van der Waals surface area contributed by atoms with E-state index in [1.165, 1.54) is 0 Å². The van der Waals surface area contributed by atoms with Crippen LogP contribution in [0.4, 0.5) is 0 Å². The number of halogens is 1. The van der Waals surface area contributed by atoms with Gasteiger partial charge in [-0.1, -0.05) is 35.9 Å². The maximum Gasteiger partial charge on any atom is 0.253 e. The van der Waals surface area contributed by atoms with Crippen molar-refractivity contribution in [2.45, 2.75) is 44.0 Å². The van der Waals surface area contributed by atoms with Crippen LogP contribution < -0.4 is 5.32 Å². The van der Waals surface area contributed by atoms with E-state index in [-0.39, 0.29) is 11.9 Å². The lowest BCUT2D eigenvalue weighted by Gasteiger charge is -2.21. The molecular formula is C25H27ClN4O2. The third-order valence-electron chi connectivity index (χ3n) is 5.91. The molecule has 1 amide bonds. The molecule has 1 saturated heterocycles. The number of amides is 1. The Morgan fingerprint density at radius 3 is 2.59 bits per heavy atom. The molecule has 2 heterocycles.